The van der Waals surface area contributed by atoms with Gasteiger partial charge in [-0.1, -0.05) is 62.0 Å². The van der Waals surface area contributed by atoms with Gasteiger partial charge in [-0.05, 0) is 66.2 Å². The van der Waals surface area contributed by atoms with Crippen LogP contribution in [0.2, 0.25) is 6.04 Å². The van der Waals surface area contributed by atoms with Crippen molar-refractivity contribution < 1.29 is 0 Å². The molecule has 0 amide bonds. The summed E-state index contributed by atoms with van der Waals surface area (Å²) < 4.78 is 0. The van der Waals surface area contributed by atoms with Gasteiger partial charge in [0.15, 0.2) is 0 Å². The van der Waals surface area contributed by atoms with Gasteiger partial charge in [0.1, 0.15) is 8.83 Å². The van der Waals surface area contributed by atoms with Crippen LogP contribution in [0, 0.1) is 47.3 Å². The van der Waals surface area contributed by atoms with E-state index < -0.39 is 0 Å². The topological polar surface area (TPSA) is 0 Å². The van der Waals surface area contributed by atoms with E-state index in [0.717, 1.165) is 23.7 Å². The van der Waals surface area contributed by atoms with Crippen LogP contribution in [0.25, 0.3) is 0 Å². The molecule has 0 saturated heterocycles. The number of hydrogen-bond donors (Lipinski definition) is 0. The molecule has 0 aromatic rings. The van der Waals surface area contributed by atoms with Crippen LogP contribution in [0.15, 0.2) is 74.9 Å². The first-order valence-corrected chi connectivity index (χ1v) is 13.7. The Labute approximate surface area is 174 Å². The summed E-state index contributed by atoms with van der Waals surface area (Å²) in [6.07, 6.45) is 21.7. The lowest BCUT2D eigenvalue weighted by Gasteiger charge is -2.13. The molecule has 148 valence electrons. The maximum absolute atomic E-state index is 5.44. The third kappa shape index (κ3) is 5.06. The van der Waals surface area contributed by atoms with E-state index in [9.17, 15) is 0 Å². The van der Waals surface area contributed by atoms with E-state index in [4.69, 9.17) is 11.1 Å². The zero-order chi connectivity index (χ0) is 19.8. The lowest BCUT2D eigenvalue weighted by Crippen LogP contribution is -2.06. The first-order valence-electron chi connectivity index (χ1n) is 10.6. The molecule has 4 aliphatic rings. The van der Waals surface area contributed by atoms with E-state index in [-0.39, 0.29) is 8.83 Å². The summed E-state index contributed by atoms with van der Waals surface area (Å²) in [5, 5.41) is 0. The molecule has 0 heterocycles. The van der Waals surface area contributed by atoms with Gasteiger partial charge in [0, 0.05) is 0 Å². The summed E-state index contributed by atoms with van der Waals surface area (Å²) in [7, 11) is -0.114. The molecule has 8 unspecified atom stereocenters. The summed E-state index contributed by atoms with van der Waals surface area (Å²) in [5.41, 5.74) is 0. The molecule has 4 aliphatic carbocycles. The van der Waals surface area contributed by atoms with Crippen molar-refractivity contribution in [2.24, 2.45) is 47.3 Å². The van der Waals surface area contributed by atoms with E-state index in [1.807, 2.05) is 0 Å². The second kappa shape index (κ2) is 11.1. The molecule has 0 aromatic carbocycles. The molecular weight excluding hydrogens is 364 g/mol. The third-order valence-corrected chi connectivity index (χ3v) is 8.53. The minimum atomic E-state index is -0.114. The number of hydrogen-bond acceptors (Lipinski definition) is 0. The highest BCUT2D eigenvalue weighted by atomic mass is 35.6. The molecule has 4 bridgehead atoms. The molecule has 0 spiro atoms. The number of halogens is 1. The van der Waals surface area contributed by atoms with Gasteiger partial charge < -0.3 is 0 Å². The SMILES string of the molecule is C=CC1CC2C=CC1C2C=C.C=CC1CC2C=CC1C2C=C.CCC[SiH2]Cl. The van der Waals surface area contributed by atoms with E-state index in [1.165, 1.54) is 25.3 Å². The van der Waals surface area contributed by atoms with Gasteiger partial charge in [0.05, 0.1) is 0 Å². The summed E-state index contributed by atoms with van der Waals surface area (Å²) >= 11 is 5.44. The van der Waals surface area contributed by atoms with Crippen molar-refractivity contribution >= 4 is 19.9 Å². The Morgan fingerprint density at radius 3 is 1.44 bits per heavy atom. The van der Waals surface area contributed by atoms with Crippen molar-refractivity contribution in [1.82, 2.24) is 0 Å². The van der Waals surface area contributed by atoms with Gasteiger partial charge in [-0.2, -0.15) is 11.1 Å². The predicted octanol–water partition coefficient (Wildman–Crippen LogP) is 6.73. The van der Waals surface area contributed by atoms with Gasteiger partial charge in [-0.25, -0.2) is 0 Å². The molecular formula is C25H37ClSi. The maximum Gasteiger partial charge on any atom is 0.125 e. The molecule has 0 aliphatic heterocycles. The molecule has 4 rings (SSSR count). The van der Waals surface area contributed by atoms with Crippen LogP contribution in [0.3, 0.4) is 0 Å². The van der Waals surface area contributed by atoms with Gasteiger partial charge in [-0.15, -0.1) is 26.3 Å². The Hall–Kier alpha value is -1.05. The zero-order valence-corrected chi connectivity index (χ0v) is 19.1. The lowest BCUT2D eigenvalue weighted by atomic mass is 9.91. The highest BCUT2D eigenvalue weighted by molar-refractivity contribution is 6.93. The summed E-state index contributed by atoms with van der Waals surface area (Å²) in [6.45, 7) is 17.6. The van der Waals surface area contributed by atoms with Crippen LogP contribution in [0.1, 0.15) is 26.2 Å². The van der Waals surface area contributed by atoms with Crippen molar-refractivity contribution in [1.29, 1.82) is 0 Å². The van der Waals surface area contributed by atoms with Crippen LogP contribution >= 0.6 is 11.1 Å². The maximum atomic E-state index is 5.44. The summed E-state index contributed by atoms with van der Waals surface area (Å²) in [5.74, 6) is 5.81. The van der Waals surface area contributed by atoms with E-state index >= 15 is 0 Å². The van der Waals surface area contributed by atoms with Crippen LogP contribution in [-0.2, 0) is 0 Å². The average Bonchev–Trinajstić information content (AvgIpc) is 3.46. The lowest BCUT2D eigenvalue weighted by molar-refractivity contribution is 0.498. The third-order valence-electron chi connectivity index (χ3n) is 6.75. The highest BCUT2D eigenvalue weighted by Gasteiger charge is 2.42. The number of rotatable bonds is 6. The predicted molar refractivity (Wildman–Crippen MR) is 126 cm³/mol. The largest absolute Gasteiger partial charge is 0.176 e. The quantitative estimate of drug-likeness (QED) is 0.263. The van der Waals surface area contributed by atoms with Gasteiger partial charge in [0.2, 0.25) is 0 Å². The van der Waals surface area contributed by atoms with Crippen molar-refractivity contribution in [3.8, 4) is 0 Å². The fourth-order valence-corrected chi connectivity index (χ4v) is 6.27. The molecule has 2 heteroatoms. The van der Waals surface area contributed by atoms with Crippen LogP contribution in [0.5, 0.6) is 0 Å². The normalized spacial score (nSPS) is 39.6. The minimum absolute atomic E-state index is 0.114. The fraction of sp³-hybridized carbons (Fsp3) is 0.520. The van der Waals surface area contributed by atoms with E-state index in [0.29, 0.717) is 23.7 Å². The molecule has 8 atom stereocenters. The van der Waals surface area contributed by atoms with Crippen LogP contribution < -0.4 is 0 Å². The first kappa shape index (κ1) is 22.2. The Balaban J connectivity index is 0.000000157. The van der Waals surface area contributed by atoms with Crippen LogP contribution in [0.4, 0.5) is 0 Å². The molecule has 0 radical (unpaired) electrons. The van der Waals surface area contributed by atoms with Crippen molar-refractivity contribution in [2.75, 3.05) is 0 Å². The number of fused-ring (bicyclic) bond motifs is 4. The van der Waals surface area contributed by atoms with Gasteiger partial charge in [0.25, 0.3) is 0 Å². The molecule has 0 aromatic heterocycles. The highest BCUT2D eigenvalue weighted by Crippen LogP contribution is 2.49. The average molecular weight is 401 g/mol. The molecule has 27 heavy (non-hydrogen) atoms. The monoisotopic (exact) mass is 400 g/mol. The summed E-state index contributed by atoms with van der Waals surface area (Å²) in [4.78, 5) is 0. The Morgan fingerprint density at radius 2 is 1.26 bits per heavy atom. The smallest absolute Gasteiger partial charge is 0.125 e. The second-order valence-corrected chi connectivity index (χ2v) is 10.4. The second-order valence-electron chi connectivity index (χ2n) is 8.19. The Kier molecular flexibility index (Phi) is 9.12. The van der Waals surface area contributed by atoms with Gasteiger partial charge in [-0.3, -0.25) is 0 Å². The van der Waals surface area contributed by atoms with E-state index in [1.54, 1.807) is 0 Å². The van der Waals surface area contributed by atoms with Crippen molar-refractivity contribution in [3.05, 3.63) is 74.9 Å². The number of allylic oxidation sites excluding steroid dienone is 8. The zero-order valence-electron chi connectivity index (χ0n) is 17.0. The van der Waals surface area contributed by atoms with Gasteiger partial charge >= 0.3 is 0 Å². The standard InChI is InChI=1S/2C11H14.C3H9ClSi/c2*1-3-8-7-9-5-6-11(8)10(9)4-2;1-2-3-5-4/h2*3-6,8-11H,1-2,7H2;2-3,5H2,1H3. The van der Waals surface area contributed by atoms with Crippen molar-refractivity contribution in [2.45, 2.75) is 32.2 Å². The fourth-order valence-electron chi connectivity index (χ4n) is 5.20. The van der Waals surface area contributed by atoms with E-state index in [2.05, 4.69) is 81.8 Å². The van der Waals surface area contributed by atoms with Crippen LogP contribution in [-0.4, -0.2) is 8.83 Å². The first-order chi connectivity index (χ1) is 13.1. The Morgan fingerprint density at radius 1 is 0.815 bits per heavy atom. The molecule has 0 nitrogen and oxygen atoms in total. The Bertz CT molecular complexity index is 525. The summed E-state index contributed by atoms with van der Waals surface area (Å²) in [6, 6.07) is 1.29. The van der Waals surface area contributed by atoms with Crippen molar-refractivity contribution in [3.63, 3.8) is 0 Å². The molecule has 2 saturated carbocycles. The minimum Gasteiger partial charge on any atom is -0.176 e. The molecule has 2 fully saturated rings. The molecule has 0 N–H and O–H groups in total.